The SMILES string of the molecule is CC(C)(C)CC(NC(=O)c1ccc[nH]1)c1cccnc1. The summed E-state index contributed by atoms with van der Waals surface area (Å²) < 4.78 is 0. The van der Waals surface area contributed by atoms with Crippen LogP contribution in [0.1, 0.15) is 49.3 Å². The molecule has 1 atom stereocenters. The third-order valence-electron chi connectivity index (χ3n) is 3.05. The second-order valence-corrected chi connectivity index (χ2v) is 6.16. The molecule has 2 rings (SSSR count). The predicted octanol–water partition coefficient (Wildman–Crippen LogP) is 3.32. The molecule has 1 unspecified atom stereocenters. The largest absolute Gasteiger partial charge is 0.357 e. The van der Waals surface area contributed by atoms with Crippen molar-refractivity contribution in [2.75, 3.05) is 0 Å². The highest BCUT2D eigenvalue weighted by atomic mass is 16.1. The zero-order valence-electron chi connectivity index (χ0n) is 12.2. The third-order valence-corrected chi connectivity index (χ3v) is 3.05. The minimum absolute atomic E-state index is 0.0421. The van der Waals surface area contributed by atoms with E-state index in [1.165, 1.54) is 0 Å². The molecule has 2 aromatic rings. The molecule has 0 bridgehead atoms. The fourth-order valence-corrected chi connectivity index (χ4v) is 2.15. The molecule has 20 heavy (non-hydrogen) atoms. The first kappa shape index (κ1) is 14.3. The molecule has 0 saturated heterocycles. The van der Waals surface area contributed by atoms with Gasteiger partial charge in [-0.25, -0.2) is 0 Å². The highest BCUT2D eigenvalue weighted by Gasteiger charge is 2.22. The number of nitrogens with one attached hydrogen (secondary N) is 2. The molecule has 2 aromatic heterocycles. The van der Waals surface area contributed by atoms with Crippen LogP contribution in [0.25, 0.3) is 0 Å². The maximum atomic E-state index is 12.2. The van der Waals surface area contributed by atoms with Crippen LogP contribution in [-0.4, -0.2) is 15.9 Å². The van der Waals surface area contributed by atoms with Gasteiger partial charge in [0.1, 0.15) is 5.69 Å². The summed E-state index contributed by atoms with van der Waals surface area (Å²) >= 11 is 0. The standard InChI is InChI=1S/C16H21N3O/c1-16(2,3)10-14(12-6-4-8-17-11-12)19-15(20)13-7-5-9-18-13/h4-9,11,14,18H,10H2,1-3H3,(H,19,20). The van der Waals surface area contributed by atoms with Gasteiger partial charge in [-0.15, -0.1) is 0 Å². The molecule has 2 N–H and O–H groups in total. The van der Waals surface area contributed by atoms with Crippen molar-refractivity contribution < 1.29 is 4.79 Å². The molecule has 106 valence electrons. The zero-order valence-corrected chi connectivity index (χ0v) is 12.2. The highest BCUT2D eigenvalue weighted by molar-refractivity contribution is 5.92. The van der Waals surface area contributed by atoms with Crippen LogP contribution >= 0.6 is 0 Å². The molecule has 2 heterocycles. The van der Waals surface area contributed by atoms with Gasteiger partial charge in [0, 0.05) is 18.6 Å². The summed E-state index contributed by atoms with van der Waals surface area (Å²) in [5.41, 5.74) is 1.72. The number of carbonyl (C=O) groups is 1. The Morgan fingerprint density at radius 3 is 2.70 bits per heavy atom. The Balaban J connectivity index is 2.17. The maximum Gasteiger partial charge on any atom is 0.268 e. The number of aromatic nitrogens is 2. The lowest BCUT2D eigenvalue weighted by atomic mass is 9.86. The van der Waals surface area contributed by atoms with E-state index in [9.17, 15) is 4.79 Å². The lowest BCUT2D eigenvalue weighted by molar-refractivity contribution is 0.0922. The van der Waals surface area contributed by atoms with Crippen LogP contribution in [0.15, 0.2) is 42.9 Å². The first-order chi connectivity index (χ1) is 9.46. The van der Waals surface area contributed by atoms with Crippen molar-refractivity contribution in [2.45, 2.75) is 33.2 Å². The fraction of sp³-hybridized carbons (Fsp3) is 0.375. The average molecular weight is 271 g/mol. The summed E-state index contributed by atoms with van der Waals surface area (Å²) in [5.74, 6) is -0.0897. The van der Waals surface area contributed by atoms with Crippen molar-refractivity contribution in [1.82, 2.24) is 15.3 Å². The van der Waals surface area contributed by atoms with Crippen LogP contribution in [-0.2, 0) is 0 Å². The number of carbonyl (C=O) groups excluding carboxylic acids is 1. The Labute approximate surface area is 119 Å². The maximum absolute atomic E-state index is 12.2. The summed E-state index contributed by atoms with van der Waals surface area (Å²) in [5, 5.41) is 3.08. The molecular weight excluding hydrogens is 250 g/mol. The van der Waals surface area contributed by atoms with E-state index in [1.807, 2.05) is 24.4 Å². The Morgan fingerprint density at radius 1 is 1.35 bits per heavy atom. The summed E-state index contributed by atoms with van der Waals surface area (Å²) in [4.78, 5) is 19.3. The monoisotopic (exact) mass is 271 g/mol. The Bertz CT molecular complexity index is 541. The van der Waals surface area contributed by atoms with Gasteiger partial charge in [-0.2, -0.15) is 0 Å². The predicted molar refractivity (Wildman–Crippen MR) is 79.3 cm³/mol. The van der Waals surface area contributed by atoms with Crippen molar-refractivity contribution in [3.05, 3.63) is 54.1 Å². The molecule has 0 aliphatic carbocycles. The van der Waals surface area contributed by atoms with Crippen LogP contribution in [0.2, 0.25) is 0 Å². The van der Waals surface area contributed by atoms with E-state index in [2.05, 4.69) is 36.1 Å². The number of hydrogen-bond donors (Lipinski definition) is 2. The number of amides is 1. The molecule has 0 saturated carbocycles. The van der Waals surface area contributed by atoms with E-state index in [0.29, 0.717) is 5.69 Å². The molecular formula is C16H21N3O. The van der Waals surface area contributed by atoms with Gasteiger partial charge in [0.15, 0.2) is 0 Å². The highest BCUT2D eigenvalue weighted by Crippen LogP contribution is 2.29. The number of H-pyrrole nitrogens is 1. The van der Waals surface area contributed by atoms with Crippen molar-refractivity contribution >= 4 is 5.91 Å². The van der Waals surface area contributed by atoms with Gasteiger partial charge in [-0.1, -0.05) is 26.8 Å². The molecule has 1 amide bonds. The van der Waals surface area contributed by atoms with Gasteiger partial charge in [-0.3, -0.25) is 9.78 Å². The topological polar surface area (TPSA) is 57.8 Å². The molecule has 4 nitrogen and oxygen atoms in total. The van der Waals surface area contributed by atoms with Crippen LogP contribution in [0, 0.1) is 5.41 Å². The third kappa shape index (κ3) is 3.95. The first-order valence-electron chi connectivity index (χ1n) is 6.80. The van der Waals surface area contributed by atoms with E-state index in [0.717, 1.165) is 12.0 Å². The number of nitrogens with zero attached hydrogens (tertiary/aromatic N) is 1. The van der Waals surface area contributed by atoms with Gasteiger partial charge >= 0.3 is 0 Å². The Hall–Kier alpha value is -2.10. The molecule has 0 spiro atoms. The second kappa shape index (κ2) is 5.90. The fourth-order valence-electron chi connectivity index (χ4n) is 2.15. The minimum Gasteiger partial charge on any atom is -0.357 e. The van der Waals surface area contributed by atoms with Gasteiger partial charge in [0.25, 0.3) is 5.91 Å². The lowest BCUT2D eigenvalue weighted by Gasteiger charge is -2.27. The summed E-state index contributed by atoms with van der Waals surface area (Å²) in [6, 6.07) is 7.44. The summed E-state index contributed by atoms with van der Waals surface area (Å²) in [6.45, 7) is 6.49. The van der Waals surface area contributed by atoms with Crippen LogP contribution in [0.3, 0.4) is 0 Å². The van der Waals surface area contributed by atoms with Crippen molar-refractivity contribution in [2.24, 2.45) is 5.41 Å². The van der Waals surface area contributed by atoms with E-state index in [-0.39, 0.29) is 17.4 Å². The van der Waals surface area contributed by atoms with Crippen molar-refractivity contribution in [3.63, 3.8) is 0 Å². The Morgan fingerprint density at radius 2 is 2.15 bits per heavy atom. The van der Waals surface area contributed by atoms with Crippen LogP contribution in [0.5, 0.6) is 0 Å². The van der Waals surface area contributed by atoms with E-state index in [4.69, 9.17) is 0 Å². The molecule has 0 radical (unpaired) electrons. The van der Waals surface area contributed by atoms with Gasteiger partial charge in [-0.05, 0) is 35.6 Å². The van der Waals surface area contributed by atoms with Gasteiger partial charge < -0.3 is 10.3 Å². The van der Waals surface area contributed by atoms with E-state index >= 15 is 0 Å². The van der Waals surface area contributed by atoms with Crippen LogP contribution < -0.4 is 5.32 Å². The van der Waals surface area contributed by atoms with E-state index in [1.54, 1.807) is 18.5 Å². The summed E-state index contributed by atoms with van der Waals surface area (Å²) in [7, 11) is 0. The van der Waals surface area contributed by atoms with E-state index < -0.39 is 0 Å². The molecule has 0 aliphatic rings. The smallest absolute Gasteiger partial charge is 0.268 e. The molecule has 0 aromatic carbocycles. The molecule has 0 aliphatic heterocycles. The number of pyridine rings is 1. The number of hydrogen-bond acceptors (Lipinski definition) is 2. The second-order valence-electron chi connectivity index (χ2n) is 6.16. The molecule has 4 heteroatoms. The Kier molecular flexibility index (Phi) is 4.23. The average Bonchev–Trinajstić information content (AvgIpc) is 2.91. The zero-order chi connectivity index (χ0) is 14.6. The van der Waals surface area contributed by atoms with Gasteiger partial charge in [0.2, 0.25) is 0 Å². The quantitative estimate of drug-likeness (QED) is 0.896. The minimum atomic E-state index is -0.0897. The molecule has 0 fully saturated rings. The van der Waals surface area contributed by atoms with Crippen LogP contribution in [0.4, 0.5) is 0 Å². The van der Waals surface area contributed by atoms with Crippen molar-refractivity contribution in [1.29, 1.82) is 0 Å². The first-order valence-corrected chi connectivity index (χ1v) is 6.80. The number of aromatic amines is 1. The van der Waals surface area contributed by atoms with Gasteiger partial charge in [0.05, 0.1) is 6.04 Å². The number of rotatable bonds is 4. The summed E-state index contributed by atoms with van der Waals surface area (Å²) in [6.07, 6.45) is 6.15. The normalized spacial score (nSPS) is 12.9. The lowest BCUT2D eigenvalue weighted by Crippen LogP contribution is -2.31. The van der Waals surface area contributed by atoms with Crippen molar-refractivity contribution in [3.8, 4) is 0 Å².